The number of carbonyl (C=O) groups is 1. The van der Waals surface area contributed by atoms with Gasteiger partial charge in [0.15, 0.2) is 0 Å². The van der Waals surface area contributed by atoms with Gasteiger partial charge in [-0.15, -0.1) is 0 Å². The monoisotopic (exact) mass is 426 g/mol. The third-order valence-electron chi connectivity index (χ3n) is 3.94. The Bertz CT molecular complexity index is 890. The van der Waals surface area contributed by atoms with Crippen LogP contribution < -0.4 is 14.8 Å². The van der Waals surface area contributed by atoms with Crippen LogP contribution in [0.5, 0.6) is 5.75 Å². The normalized spacial score (nSPS) is 12.4. The van der Waals surface area contributed by atoms with Crippen molar-refractivity contribution < 1.29 is 22.7 Å². The summed E-state index contributed by atoms with van der Waals surface area (Å²) in [5, 5.41) is 2.83. The Kier molecular flexibility index (Phi) is 8.25. The number of carbonyl (C=O) groups excluding carboxylic acids is 1. The van der Waals surface area contributed by atoms with Crippen molar-refractivity contribution in [3.63, 3.8) is 0 Å². The molecule has 2 rings (SSSR count). The molecular weight excluding hydrogens is 404 g/mol. The van der Waals surface area contributed by atoms with Crippen LogP contribution in [0, 0.1) is 0 Å². The van der Waals surface area contributed by atoms with E-state index >= 15 is 0 Å². The largest absolute Gasteiger partial charge is 0.495 e. The highest BCUT2D eigenvalue weighted by molar-refractivity contribution is 7.89. The Morgan fingerprint density at radius 1 is 1.14 bits per heavy atom. The summed E-state index contributed by atoms with van der Waals surface area (Å²) in [4.78, 5) is 12.5. The maximum Gasteiger partial charge on any atom is 0.241 e. The predicted molar refractivity (Wildman–Crippen MR) is 107 cm³/mol. The van der Waals surface area contributed by atoms with Crippen molar-refractivity contribution in [2.75, 3.05) is 27.4 Å². The molecule has 1 atom stereocenters. The summed E-state index contributed by atoms with van der Waals surface area (Å²) in [6, 6.07) is 12.3. The van der Waals surface area contributed by atoms with Crippen molar-refractivity contribution in [3.05, 3.63) is 59.1 Å². The molecule has 0 saturated carbocycles. The highest BCUT2D eigenvalue weighted by Crippen LogP contribution is 2.27. The molecule has 152 valence electrons. The molecule has 2 aromatic rings. The van der Waals surface area contributed by atoms with Crippen LogP contribution in [-0.4, -0.2) is 47.7 Å². The number of hydrogen-bond donors (Lipinski definition) is 2. The molecule has 9 heteroatoms. The van der Waals surface area contributed by atoms with Crippen molar-refractivity contribution in [3.8, 4) is 5.75 Å². The summed E-state index contributed by atoms with van der Waals surface area (Å²) in [7, 11) is -1.03. The third kappa shape index (κ3) is 6.20. The van der Waals surface area contributed by atoms with Crippen LogP contribution in [0.1, 0.15) is 5.56 Å². The molecule has 0 radical (unpaired) electrons. The molecular formula is C19H23ClN2O5S. The molecule has 0 bridgehead atoms. The quantitative estimate of drug-likeness (QED) is 0.567. The van der Waals surface area contributed by atoms with Crippen molar-refractivity contribution in [1.29, 1.82) is 0 Å². The van der Waals surface area contributed by atoms with Gasteiger partial charge in [0, 0.05) is 13.7 Å². The SMILES string of the molecule is COCCNC(=O)[C@@H](Cc1ccccc1)NS(=O)(=O)c1ccc(OC)c(Cl)c1. The number of nitrogens with one attached hydrogen (secondary N) is 2. The van der Waals surface area contributed by atoms with Crippen molar-refractivity contribution >= 4 is 27.5 Å². The minimum atomic E-state index is -3.98. The summed E-state index contributed by atoms with van der Waals surface area (Å²) in [6.07, 6.45) is 0.197. The molecule has 0 aliphatic heterocycles. The van der Waals surface area contributed by atoms with Crippen LogP contribution in [0.4, 0.5) is 0 Å². The van der Waals surface area contributed by atoms with Crippen LogP contribution in [0.25, 0.3) is 0 Å². The summed E-state index contributed by atoms with van der Waals surface area (Å²) in [6.45, 7) is 0.599. The summed E-state index contributed by atoms with van der Waals surface area (Å²) < 4.78 is 38.0. The van der Waals surface area contributed by atoms with E-state index < -0.39 is 22.0 Å². The molecule has 0 fully saturated rings. The molecule has 0 saturated heterocycles. The van der Waals surface area contributed by atoms with Gasteiger partial charge in [0.05, 0.1) is 23.6 Å². The number of hydrogen-bond acceptors (Lipinski definition) is 5. The van der Waals surface area contributed by atoms with Crippen LogP contribution in [0.2, 0.25) is 5.02 Å². The van der Waals surface area contributed by atoms with Gasteiger partial charge in [-0.1, -0.05) is 41.9 Å². The first-order valence-corrected chi connectivity index (χ1v) is 10.4. The first-order chi connectivity index (χ1) is 13.4. The fourth-order valence-electron chi connectivity index (χ4n) is 2.51. The smallest absolute Gasteiger partial charge is 0.241 e. The van der Waals surface area contributed by atoms with E-state index in [-0.39, 0.29) is 22.9 Å². The number of sulfonamides is 1. The van der Waals surface area contributed by atoms with E-state index in [2.05, 4.69) is 10.0 Å². The number of halogens is 1. The molecule has 1 amide bonds. The molecule has 0 heterocycles. The average Bonchev–Trinajstić information content (AvgIpc) is 2.68. The second kappa shape index (κ2) is 10.4. The van der Waals surface area contributed by atoms with Gasteiger partial charge in [0.2, 0.25) is 15.9 Å². The number of rotatable bonds is 10. The Balaban J connectivity index is 2.24. The Morgan fingerprint density at radius 3 is 2.46 bits per heavy atom. The third-order valence-corrected chi connectivity index (χ3v) is 5.70. The lowest BCUT2D eigenvalue weighted by Crippen LogP contribution is -2.48. The van der Waals surface area contributed by atoms with Gasteiger partial charge in [-0.3, -0.25) is 4.79 Å². The highest BCUT2D eigenvalue weighted by Gasteiger charge is 2.26. The molecule has 28 heavy (non-hydrogen) atoms. The zero-order valence-corrected chi connectivity index (χ0v) is 17.2. The van der Waals surface area contributed by atoms with Gasteiger partial charge in [-0.2, -0.15) is 4.72 Å². The number of amides is 1. The Morgan fingerprint density at radius 2 is 1.86 bits per heavy atom. The first kappa shape index (κ1) is 22.2. The maximum absolute atomic E-state index is 12.8. The summed E-state index contributed by atoms with van der Waals surface area (Å²) >= 11 is 6.04. The van der Waals surface area contributed by atoms with E-state index in [0.29, 0.717) is 12.4 Å². The Labute approximate surface area is 170 Å². The fraction of sp³-hybridized carbons (Fsp3) is 0.316. The van der Waals surface area contributed by atoms with Gasteiger partial charge in [0.1, 0.15) is 11.8 Å². The van der Waals surface area contributed by atoms with E-state index in [0.717, 1.165) is 5.56 Å². The van der Waals surface area contributed by atoms with Crippen LogP contribution in [-0.2, 0) is 26.0 Å². The van der Waals surface area contributed by atoms with Gasteiger partial charge in [0.25, 0.3) is 0 Å². The number of ether oxygens (including phenoxy) is 2. The second-order valence-corrected chi connectivity index (χ2v) is 8.06. The van der Waals surface area contributed by atoms with Gasteiger partial charge in [-0.05, 0) is 30.2 Å². The van der Waals surface area contributed by atoms with Crippen LogP contribution >= 0.6 is 11.6 Å². The van der Waals surface area contributed by atoms with Crippen molar-refractivity contribution in [1.82, 2.24) is 10.0 Å². The van der Waals surface area contributed by atoms with Gasteiger partial charge < -0.3 is 14.8 Å². The van der Waals surface area contributed by atoms with Crippen molar-refractivity contribution in [2.24, 2.45) is 0 Å². The lowest BCUT2D eigenvalue weighted by atomic mass is 10.1. The van der Waals surface area contributed by atoms with E-state index in [9.17, 15) is 13.2 Å². The minimum Gasteiger partial charge on any atom is -0.495 e. The predicted octanol–water partition coefficient (Wildman–Crippen LogP) is 2.00. The molecule has 0 aliphatic carbocycles. The van der Waals surface area contributed by atoms with Gasteiger partial charge in [-0.25, -0.2) is 8.42 Å². The number of methoxy groups -OCH3 is 2. The van der Waals surface area contributed by atoms with Crippen LogP contribution in [0.15, 0.2) is 53.4 Å². The van der Waals surface area contributed by atoms with Crippen LogP contribution in [0.3, 0.4) is 0 Å². The zero-order valence-electron chi connectivity index (χ0n) is 15.6. The highest BCUT2D eigenvalue weighted by atomic mass is 35.5. The Hall–Kier alpha value is -2.13. The molecule has 2 N–H and O–H groups in total. The van der Waals surface area contributed by atoms with E-state index in [1.165, 1.54) is 32.4 Å². The summed E-state index contributed by atoms with van der Waals surface area (Å²) in [5.74, 6) is -0.0807. The lowest BCUT2D eigenvalue weighted by molar-refractivity contribution is -0.122. The first-order valence-electron chi connectivity index (χ1n) is 8.54. The zero-order chi connectivity index (χ0) is 20.6. The van der Waals surface area contributed by atoms with Crippen molar-refractivity contribution in [2.45, 2.75) is 17.4 Å². The standard InChI is InChI=1S/C19H23ClN2O5S/c1-26-11-10-21-19(23)17(12-14-6-4-3-5-7-14)22-28(24,25)15-8-9-18(27-2)16(20)13-15/h3-9,13,17,22H,10-12H2,1-2H3,(H,21,23)/t17-/m1/s1. The molecule has 2 aromatic carbocycles. The molecule has 0 spiro atoms. The average molecular weight is 427 g/mol. The maximum atomic E-state index is 12.8. The lowest BCUT2D eigenvalue weighted by Gasteiger charge is -2.19. The van der Waals surface area contributed by atoms with E-state index in [1.807, 2.05) is 30.3 Å². The molecule has 0 aliphatic rings. The van der Waals surface area contributed by atoms with E-state index in [4.69, 9.17) is 21.1 Å². The fourth-order valence-corrected chi connectivity index (χ4v) is 4.05. The molecule has 7 nitrogen and oxygen atoms in total. The molecule has 0 unspecified atom stereocenters. The topological polar surface area (TPSA) is 93.7 Å². The number of benzene rings is 2. The molecule has 0 aromatic heterocycles. The minimum absolute atomic E-state index is 0.0546. The summed E-state index contributed by atoms with van der Waals surface area (Å²) in [5.41, 5.74) is 0.824. The van der Waals surface area contributed by atoms with Gasteiger partial charge >= 0.3 is 0 Å². The second-order valence-electron chi connectivity index (χ2n) is 5.94. The van der Waals surface area contributed by atoms with E-state index in [1.54, 1.807) is 0 Å².